The van der Waals surface area contributed by atoms with Crippen molar-refractivity contribution in [1.82, 2.24) is 4.72 Å². The summed E-state index contributed by atoms with van der Waals surface area (Å²) in [6.07, 6.45) is 11.3. The molecular weight excluding hydrogens is 540 g/mol. The van der Waals surface area contributed by atoms with Crippen molar-refractivity contribution in [3.8, 4) is 5.75 Å². The number of anilines is 1. The molecule has 6 atom stereocenters. The van der Waals surface area contributed by atoms with Gasteiger partial charge in [-0.2, -0.15) is 0 Å². The van der Waals surface area contributed by atoms with E-state index in [1.165, 1.54) is 35.9 Å². The number of benzene rings is 2. The van der Waals surface area contributed by atoms with Crippen molar-refractivity contribution in [2.24, 2.45) is 17.8 Å². The molecular formula is C33H41ClN2O3S. The summed E-state index contributed by atoms with van der Waals surface area (Å²) in [5, 5.41) is 1.09. The highest BCUT2D eigenvalue weighted by atomic mass is 35.5. The number of halogens is 1. The molecule has 6 rings (SSSR count). The second-order valence-electron chi connectivity index (χ2n) is 12.4. The van der Waals surface area contributed by atoms with Crippen molar-refractivity contribution in [3.05, 3.63) is 70.3 Å². The minimum absolute atomic E-state index is 0.0491. The molecule has 2 bridgehead atoms. The highest BCUT2D eigenvalue weighted by Gasteiger charge is 2.44. The van der Waals surface area contributed by atoms with Crippen LogP contribution in [0.3, 0.4) is 0 Å². The fraction of sp³-hybridized carbons (Fsp3) is 0.545. The Hall–Kier alpha value is -2.15. The van der Waals surface area contributed by atoms with Gasteiger partial charge in [0.2, 0.25) is 0 Å². The van der Waals surface area contributed by atoms with Gasteiger partial charge in [0.15, 0.2) is 0 Å². The fourth-order valence-electron chi connectivity index (χ4n) is 7.13. The first-order valence-corrected chi connectivity index (χ1v) is 16.1. The molecule has 2 aliphatic carbocycles. The van der Waals surface area contributed by atoms with Gasteiger partial charge in [0.05, 0.1) is 18.4 Å². The number of fused-ring (bicyclic) bond motifs is 4. The van der Waals surface area contributed by atoms with Gasteiger partial charge in [0.25, 0.3) is 5.91 Å². The minimum Gasteiger partial charge on any atom is -0.490 e. The van der Waals surface area contributed by atoms with E-state index in [0.717, 1.165) is 55.2 Å². The third kappa shape index (κ3) is 5.39. The van der Waals surface area contributed by atoms with Gasteiger partial charge in [-0.1, -0.05) is 43.7 Å². The monoisotopic (exact) mass is 580 g/mol. The summed E-state index contributed by atoms with van der Waals surface area (Å²) in [6.45, 7) is 6.84. The van der Waals surface area contributed by atoms with E-state index in [1.807, 2.05) is 25.3 Å². The van der Waals surface area contributed by atoms with E-state index >= 15 is 0 Å². The number of hydrogen-bond donors (Lipinski definition) is 1. The van der Waals surface area contributed by atoms with E-state index in [1.54, 1.807) is 0 Å². The molecule has 214 valence electrons. The molecule has 1 fully saturated rings. The Balaban J connectivity index is 1.40. The van der Waals surface area contributed by atoms with E-state index in [2.05, 4.69) is 53.8 Å². The smallest absolute Gasteiger partial charge is 0.261 e. The first-order chi connectivity index (χ1) is 19.4. The summed E-state index contributed by atoms with van der Waals surface area (Å²) >= 11 is 7.94. The average Bonchev–Trinajstić information content (AvgIpc) is 3.09. The molecule has 1 amide bonds. The van der Waals surface area contributed by atoms with Gasteiger partial charge in [-0.15, -0.1) is 0 Å². The van der Waals surface area contributed by atoms with Gasteiger partial charge in [0, 0.05) is 41.5 Å². The van der Waals surface area contributed by atoms with Crippen molar-refractivity contribution >= 4 is 35.1 Å². The number of amides is 1. The third-order valence-electron chi connectivity index (χ3n) is 9.90. The number of carbonyl (C=O) groups excluding carboxylic acids is 1. The Kier molecular flexibility index (Phi) is 8.13. The summed E-state index contributed by atoms with van der Waals surface area (Å²) in [5.41, 5.74) is 4.29. The van der Waals surface area contributed by atoms with E-state index < -0.39 is 0 Å². The number of nitrogens with zero attached hydrogens (tertiary/aromatic N) is 1. The highest BCUT2D eigenvalue weighted by molar-refractivity contribution is 7.98. The van der Waals surface area contributed by atoms with Crippen LogP contribution >= 0.6 is 23.5 Å². The molecule has 40 heavy (non-hydrogen) atoms. The highest BCUT2D eigenvalue weighted by Crippen LogP contribution is 2.47. The molecule has 4 aliphatic rings. The second kappa shape index (κ2) is 11.6. The lowest BCUT2D eigenvalue weighted by atomic mass is 9.68. The van der Waals surface area contributed by atoms with Crippen molar-refractivity contribution in [3.63, 3.8) is 0 Å². The van der Waals surface area contributed by atoms with Gasteiger partial charge in [-0.25, -0.2) is 0 Å². The third-order valence-corrected chi connectivity index (χ3v) is 11.3. The van der Waals surface area contributed by atoms with E-state index in [4.69, 9.17) is 21.1 Å². The van der Waals surface area contributed by atoms with Crippen LogP contribution in [0.2, 0.25) is 5.02 Å². The molecule has 2 aromatic rings. The van der Waals surface area contributed by atoms with Crippen LogP contribution in [0.25, 0.3) is 0 Å². The number of aryl methyl sites for hydroxylation is 1. The second-order valence-corrected chi connectivity index (χ2v) is 14.0. The first kappa shape index (κ1) is 28.0. The Bertz CT molecular complexity index is 1280. The fourth-order valence-corrected chi connectivity index (χ4v) is 8.08. The van der Waals surface area contributed by atoms with E-state index in [0.29, 0.717) is 35.2 Å². The molecule has 1 N–H and O–H groups in total. The van der Waals surface area contributed by atoms with Crippen LogP contribution in [-0.2, 0) is 16.6 Å². The Morgan fingerprint density at radius 3 is 2.85 bits per heavy atom. The quantitative estimate of drug-likeness (QED) is 0.285. The van der Waals surface area contributed by atoms with E-state index in [9.17, 15) is 4.79 Å². The van der Waals surface area contributed by atoms with Crippen molar-refractivity contribution in [1.29, 1.82) is 0 Å². The molecule has 2 aliphatic heterocycles. The Labute approximate surface area is 248 Å². The number of carbonyl (C=O) groups is 1. The minimum atomic E-state index is -0.123. The number of methoxy groups -OCH3 is 1. The predicted octanol–water partition coefficient (Wildman–Crippen LogP) is 7.22. The number of allylic oxidation sites excluding steroid dienone is 1. The SMILES string of the molecule is CO[C@H]1/C=C\C[C@H](C)[C@@H](C)SNC(=O)c2ccc3c(c2)N(C[C@@H]2CC[C@H]21)C[C@@]1(CCCc2cc(Cl)ccc21)CO3. The number of rotatable bonds is 1. The van der Waals surface area contributed by atoms with Crippen LogP contribution in [0.5, 0.6) is 5.75 Å². The zero-order valence-corrected chi connectivity index (χ0v) is 25.4. The Morgan fingerprint density at radius 1 is 1.18 bits per heavy atom. The van der Waals surface area contributed by atoms with Crippen molar-refractivity contribution in [2.45, 2.75) is 69.1 Å². The van der Waals surface area contributed by atoms with Gasteiger partial charge < -0.3 is 14.4 Å². The van der Waals surface area contributed by atoms with E-state index in [-0.39, 0.29) is 17.4 Å². The zero-order valence-electron chi connectivity index (χ0n) is 23.8. The van der Waals surface area contributed by atoms with Gasteiger partial charge in [0.1, 0.15) is 5.75 Å². The zero-order chi connectivity index (χ0) is 27.9. The van der Waals surface area contributed by atoms with Gasteiger partial charge >= 0.3 is 0 Å². The van der Waals surface area contributed by atoms with Crippen molar-refractivity contribution < 1.29 is 14.3 Å². The molecule has 5 nitrogen and oxygen atoms in total. The maximum absolute atomic E-state index is 13.3. The molecule has 2 aromatic carbocycles. The maximum Gasteiger partial charge on any atom is 0.261 e. The molecule has 7 heteroatoms. The van der Waals surface area contributed by atoms with Crippen LogP contribution in [0.4, 0.5) is 5.69 Å². The summed E-state index contributed by atoms with van der Waals surface area (Å²) in [5.74, 6) is 2.26. The number of hydrogen-bond acceptors (Lipinski definition) is 5. The summed E-state index contributed by atoms with van der Waals surface area (Å²) < 4.78 is 15.8. The molecule has 0 unspecified atom stereocenters. The van der Waals surface area contributed by atoms with Gasteiger partial charge in [-0.3, -0.25) is 9.52 Å². The largest absolute Gasteiger partial charge is 0.490 e. The van der Waals surface area contributed by atoms with Crippen LogP contribution in [0.15, 0.2) is 48.6 Å². The van der Waals surface area contributed by atoms with Crippen molar-refractivity contribution in [2.75, 3.05) is 31.7 Å². The van der Waals surface area contributed by atoms with Crippen LogP contribution < -0.4 is 14.4 Å². The molecule has 0 aromatic heterocycles. The lowest BCUT2D eigenvalue weighted by Crippen LogP contribution is -2.49. The van der Waals surface area contributed by atoms with Crippen LogP contribution in [-0.4, -0.2) is 44.1 Å². The molecule has 0 radical (unpaired) electrons. The normalized spacial score (nSPS) is 33.0. The first-order valence-electron chi connectivity index (χ1n) is 14.8. The molecule has 1 saturated carbocycles. The number of ether oxygens (including phenoxy) is 2. The topological polar surface area (TPSA) is 50.8 Å². The summed E-state index contributed by atoms with van der Waals surface area (Å²) in [6, 6.07) is 12.4. The summed E-state index contributed by atoms with van der Waals surface area (Å²) in [4.78, 5) is 15.8. The average molecular weight is 581 g/mol. The van der Waals surface area contributed by atoms with Crippen LogP contribution in [0.1, 0.15) is 67.4 Å². The lowest BCUT2D eigenvalue weighted by Gasteiger charge is -2.46. The standard InChI is InChI=1S/C33H41ClN2O3S/c1-21-6-4-8-30(38-3)27-12-9-25(27)18-36-19-33(15-5-7-23-16-26(34)11-13-28(23)33)20-39-31-14-10-24(17-29(31)36)32(37)35-40-22(21)2/h4,8,10-11,13-14,16-17,21-22,25,27,30H,5-7,9,12,15,18-20H2,1-3H3,(H,35,37)/b8-4-/t21-,22+,25-,27+,30-,33-/m0/s1. The molecule has 1 spiro atoms. The molecule has 0 saturated heterocycles. The molecule has 2 heterocycles. The summed E-state index contributed by atoms with van der Waals surface area (Å²) in [7, 11) is 1.85. The van der Waals surface area contributed by atoms with Crippen LogP contribution in [0, 0.1) is 17.8 Å². The van der Waals surface area contributed by atoms with Gasteiger partial charge in [-0.05, 0) is 110 Å². The number of nitrogens with one attached hydrogen (secondary N) is 1. The lowest BCUT2D eigenvalue weighted by molar-refractivity contribution is 0.0131. The maximum atomic E-state index is 13.3. The Morgan fingerprint density at radius 2 is 2.05 bits per heavy atom. The predicted molar refractivity (Wildman–Crippen MR) is 165 cm³/mol.